The topological polar surface area (TPSA) is 101 Å². The first-order chi connectivity index (χ1) is 13.0. The molecule has 0 saturated carbocycles. The highest BCUT2D eigenvalue weighted by Gasteiger charge is 2.27. The number of anilines is 1. The lowest BCUT2D eigenvalue weighted by Crippen LogP contribution is -2.17. The van der Waals surface area contributed by atoms with Crippen molar-refractivity contribution in [3.63, 3.8) is 0 Å². The smallest absolute Gasteiger partial charge is 0.335 e. The SMILES string of the molecule is O=C(O)c1cc2c(c(S(=O)(=O)Nc3ccccc3-n3cccn3)c1)CCC2. The molecule has 3 aromatic rings. The molecule has 1 aromatic heterocycles. The third-order valence-corrected chi connectivity index (χ3v) is 6.04. The van der Waals surface area contributed by atoms with Gasteiger partial charge in [-0.05, 0) is 60.7 Å². The number of aromatic carboxylic acids is 1. The minimum absolute atomic E-state index is 0.0172. The van der Waals surface area contributed by atoms with Crippen LogP contribution in [0.25, 0.3) is 5.69 Å². The minimum Gasteiger partial charge on any atom is -0.478 e. The van der Waals surface area contributed by atoms with Crippen LogP contribution in [-0.4, -0.2) is 29.3 Å². The van der Waals surface area contributed by atoms with Crippen LogP contribution in [0.4, 0.5) is 5.69 Å². The maximum absolute atomic E-state index is 13.1. The molecule has 0 aliphatic heterocycles. The van der Waals surface area contributed by atoms with Gasteiger partial charge in [0.15, 0.2) is 0 Å². The Bertz CT molecular complexity index is 1120. The number of aromatic nitrogens is 2. The number of carboxylic acids is 1. The van der Waals surface area contributed by atoms with Gasteiger partial charge in [-0.2, -0.15) is 5.10 Å². The summed E-state index contributed by atoms with van der Waals surface area (Å²) in [5.41, 5.74) is 2.42. The second kappa shape index (κ2) is 6.55. The van der Waals surface area contributed by atoms with Gasteiger partial charge in [0, 0.05) is 12.4 Å². The zero-order valence-corrected chi connectivity index (χ0v) is 15.1. The van der Waals surface area contributed by atoms with E-state index in [0.717, 1.165) is 12.0 Å². The molecule has 1 heterocycles. The fourth-order valence-electron chi connectivity index (χ4n) is 3.40. The van der Waals surface area contributed by atoms with Gasteiger partial charge in [0.25, 0.3) is 10.0 Å². The second-order valence-corrected chi connectivity index (χ2v) is 7.99. The maximum Gasteiger partial charge on any atom is 0.335 e. The molecular weight excluding hydrogens is 366 g/mol. The molecule has 0 spiro atoms. The van der Waals surface area contributed by atoms with Crippen molar-refractivity contribution in [3.05, 3.63) is 71.5 Å². The Balaban J connectivity index is 1.80. The van der Waals surface area contributed by atoms with Gasteiger partial charge in [0.1, 0.15) is 0 Å². The number of aryl methyl sites for hydroxylation is 1. The molecule has 0 radical (unpaired) electrons. The number of nitrogens with zero attached hydrogens (tertiary/aromatic N) is 2. The number of carboxylic acid groups (broad SMARTS) is 1. The summed E-state index contributed by atoms with van der Waals surface area (Å²) >= 11 is 0. The Morgan fingerprint density at radius 1 is 1.15 bits per heavy atom. The molecule has 0 bridgehead atoms. The van der Waals surface area contributed by atoms with E-state index in [2.05, 4.69) is 9.82 Å². The van der Waals surface area contributed by atoms with Crippen molar-refractivity contribution in [2.24, 2.45) is 0 Å². The van der Waals surface area contributed by atoms with E-state index in [9.17, 15) is 18.3 Å². The number of nitrogens with one attached hydrogen (secondary N) is 1. The molecule has 7 nitrogen and oxygen atoms in total. The number of para-hydroxylation sites is 2. The zero-order chi connectivity index (χ0) is 19.0. The van der Waals surface area contributed by atoms with Gasteiger partial charge in [0.05, 0.1) is 21.8 Å². The summed E-state index contributed by atoms with van der Waals surface area (Å²) in [5, 5.41) is 13.5. The number of sulfonamides is 1. The van der Waals surface area contributed by atoms with Crippen molar-refractivity contribution < 1.29 is 18.3 Å². The van der Waals surface area contributed by atoms with Crippen LogP contribution in [0.1, 0.15) is 27.9 Å². The molecule has 8 heteroatoms. The molecule has 0 atom stereocenters. The summed E-state index contributed by atoms with van der Waals surface area (Å²) in [6, 6.07) is 11.5. The van der Waals surface area contributed by atoms with Crippen molar-refractivity contribution in [3.8, 4) is 5.69 Å². The van der Waals surface area contributed by atoms with Crippen molar-refractivity contribution in [2.75, 3.05) is 4.72 Å². The Hall–Kier alpha value is -3.13. The number of hydrogen-bond acceptors (Lipinski definition) is 4. The van der Waals surface area contributed by atoms with Crippen molar-refractivity contribution >= 4 is 21.7 Å². The van der Waals surface area contributed by atoms with Crippen molar-refractivity contribution in [1.29, 1.82) is 0 Å². The molecule has 0 fully saturated rings. The summed E-state index contributed by atoms with van der Waals surface area (Å²) in [6.07, 6.45) is 5.43. The predicted molar refractivity (Wildman–Crippen MR) is 99.8 cm³/mol. The van der Waals surface area contributed by atoms with Crippen molar-refractivity contribution in [1.82, 2.24) is 9.78 Å². The van der Waals surface area contributed by atoms with Crippen LogP contribution in [0.2, 0.25) is 0 Å². The average Bonchev–Trinajstić information content (AvgIpc) is 3.32. The van der Waals surface area contributed by atoms with Crippen molar-refractivity contribution in [2.45, 2.75) is 24.2 Å². The molecular formula is C19H17N3O4S. The van der Waals surface area contributed by atoms with E-state index in [1.807, 2.05) is 0 Å². The summed E-state index contributed by atoms with van der Waals surface area (Å²) in [5.74, 6) is -1.14. The summed E-state index contributed by atoms with van der Waals surface area (Å²) < 4.78 is 30.4. The normalized spacial score (nSPS) is 13.3. The van der Waals surface area contributed by atoms with Gasteiger partial charge in [0.2, 0.25) is 0 Å². The van der Waals surface area contributed by atoms with E-state index < -0.39 is 16.0 Å². The molecule has 0 unspecified atom stereocenters. The monoisotopic (exact) mass is 383 g/mol. The van der Waals surface area contributed by atoms with Gasteiger partial charge >= 0.3 is 5.97 Å². The minimum atomic E-state index is -3.96. The number of benzene rings is 2. The first-order valence-corrected chi connectivity index (χ1v) is 9.95. The van der Waals surface area contributed by atoms with Crippen LogP contribution in [0.5, 0.6) is 0 Å². The largest absolute Gasteiger partial charge is 0.478 e. The van der Waals surface area contributed by atoms with E-state index in [4.69, 9.17) is 0 Å². The van der Waals surface area contributed by atoms with E-state index in [0.29, 0.717) is 29.8 Å². The third kappa shape index (κ3) is 3.19. The summed E-state index contributed by atoms with van der Waals surface area (Å²) in [6.45, 7) is 0. The van der Waals surface area contributed by atoms with Gasteiger partial charge in [-0.15, -0.1) is 0 Å². The Kier molecular flexibility index (Phi) is 4.19. The fraction of sp³-hybridized carbons (Fsp3) is 0.158. The van der Waals surface area contributed by atoms with E-state index >= 15 is 0 Å². The lowest BCUT2D eigenvalue weighted by atomic mass is 10.1. The second-order valence-electron chi connectivity index (χ2n) is 6.34. The van der Waals surface area contributed by atoms with Gasteiger partial charge in [-0.3, -0.25) is 4.72 Å². The standard InChI is InChI=1S/C19H17N3O4S/c23-19(24)14-11-13-5-3-6-15(13)18(12-14)27(25,26)21-16-7-1-2-8-17(16)22-10-4-9-20-22/h1-2,4,7-12,21H,3,5-6H2,(H,23,24). The average molecular weight is 383 g/mol. The van der Waals surface area contributed by atoms with Crippen LogP contribution < -0.4 is 4.72 Å². The van der Waals surface area contributed by atoms with Crippen LogP contribution >= 0.6 is 0 Å². The highest BCUT2D eigenvalue weighted by molar-refractivity contribution is 7.92. The van der Waals surface area contributed by atoms with Gasteiger partial charge < -0.3 is 5.11 Å². The Morgan fingerprint density at radius 2 is 1.96 bits per heavy atom. The molecule has 0 saturated heterocycles. The molecule has 1 aliphatic rings. The number of hydrogen-bond donors (Lipinski definition) is 2. The number of carbonyl (C=O) groups is 1. The quantitative estimate of drug-likeness (QED) is 0.705. The van der Waals surface area contributed by atoms with E-state index in [1.54, 1.807) is 53.5 Å². The summed E-state index contributed by atoms with van der Waals surface area (Å²) in [7, 11) is -3.96. The first kappa shape index (κ1) is 17.3. The lowest BCUT2D eigenvalue weighted by Gasteiger charge is -2.15. The van der Waals surface area contributed by atoms with E-state index in [1.165, 1.54) is 6.07 Å². The Labute approximate surface area is 156 Å². The highest BCUT2D eigenvalue weighted by atomic mass is 32.2. The molecule has 4 rings (SSSR count). The molecule has 2 aromatic carbocycles. The van der Waals surface area contributed by atoms with Crippen LogP contribution in [0.3, 0.4) is 0 Å². The molecule has 1 aliphatic carbocycles. The fourth-order valence-corrected chi connectivity index (χ4v) is 4.81. The highest BCUT2D eigenvalue weighted by Crippen LogP contribution is 2.32. The Morgan fingerprint density at radius 3 is 2.70 bits per heavy atom. The third-order valence-electron chi connectivity index (χ3n) is 4.61. The zero-order valence-electron chi connectivity index (χ0n) is 14.3. The lowest BCUT2D eigenvalue weighted by molar-refractivity contribution is 0.0696. The molecule has 27 heavy (non-hydrogen) atoms. The first-order valence-electron chi connectivity index (χ1n) is 8.47. The van der Waals surface area contributed by atoms with Gasteiger partial charge in [-0.1, -0.05) is 12.1 Å². The van der Waals surface area contributed by atoms with Crippen LogP contribution in [0.15, 0.2) is 59.8 Å². The summed E-state index contributed by atoms with van der Waals surface area (Å²) in [4.78, 5) is 11.5. The maximum atomic E-state index is 13.1. The molecule has 138 valence electrons. The predicted octanol–water partition coefficient (Wildman–Crippen LogP) is 2.86. The van der Waals surface area contributed by atoms with Crippen LogP contribution in [0, 0.1) is 0 Å². The molecule has 2 N–H and O–H groups in total. The van der Waals surface area contributed by atoms with Gasteiger partial charge in [-0.25, -0.2) is 17.9 Å². The number of rotatable bonds is 5. The number of fused-ring (bicyclic) bond motifs is 1. The van der Waals surface area contributed by atoms with E-state index in [-0.39, 0.29) is 10.5 Å². The molecule has 0 amide bonds. The van der Waals surface area contributed by atoms with Crippen LogP contribution in [-0.2, 0) is 22.9 Å².